The van der Waals surface area contributed by atoms with E-state index in [-0.39, 0.29) is 18.5 Å². The molecule has 0 aromatic rings. The molecule has 562 valence electrons. The predicted molar refractivity (Wildman–Crippen MR) is 421 cm³/mol. The molecule has 0 heterocycles. The van der Waals surface area contributed by atoms with Crippen molar-refractivity contribution in [2.75, 3.05) is 13.2 Å². The van der Waals surface area contributed by atoms with Gasteiger partial charge in [-0.15, -0.1) is 0 Å². The first-order chi connectivity index (χ1) is 47.0. The molecule has 0 aromatic carbocycles. The summed E-state index contributed by atoms with van der Waals surface area (Å²) >= 11 is 0. The Kier molecular flexibility index (Phi) is 82.8. The molecule has 0 aliphatic rings. The molecule has 0 aliphatic heterocycles. The van der Waals surface area contributed by atoms with Crippen molar-refractivity contribution in [1.29, 1.82) is 0 Å². The molecule has 6 nitrogen and oxygen atoms in total. The van der Waals surface area contributed by atoms with Crippen LogP contribution in [0.4, 0.5) is 0 Å². The van der Waals surface area contributed by atoms with E-state index in [1.54, 1.807) is 0 Å². The first kappa shape index (κ1) is 93.1. The third-order valence-electron chi connectivity index (χ3n) is 20.7. The Hall–Kier alpha value is -1.92. The van der Waals surface area contributed by atoms with E-state index in [1.165, 1.54) is 411 Å². The second-order valence-electron chi connectivity index (χ2n) is 30.2. The molecular weight excluding hydrogens is 1160 g/mol. The fourth-order valence-electron chi connectivity index (χ4n) is 14.0. The second kappa shape index (κ2) is 84.5. The summed E-state index contributed by atoms with van der Waals surface area (Å²) in [5.74, 6) is -0.0122. The number of hydrogen-bond donors (Lipinski definition) is 3. The lowest BCUT2D eigenvalue weighted by Crippen LogP contribution is -2.45. The number of amides is 1. The quantitative estimate of drug-likeness (QED) is 0.0320. The first-order valence-corrected chi connectivity index (χ1v) is 43.7. The number of hydrogen-bond acceptors (Lipinski definition) is 5. The number of aliphatic hydroxyl groups excluding tert-OH is 2. The summed E-state index contributed by atoms with van der Waals surface area (Å²) in [4.78, 5) is 24.7. The highest BCUT2D eigenvalue weighted by atomic mass is 16.5. The number of ether oxygens (including phenoxy) is 1. The van der Waals surface area contributed by atoms with Gasteiger partial charge in [0.1, 0.15) is 0 Å². The van der Waals surface area contributed by atoms with Gasteiger partial charge in [-0.05, 0) is 83.5 Å². The number of nitrogens with one attached hydrogen (secondary N) is 1. The van der Waals surface area contributed by atoms with Gasteiger partial charge in [0, 0.05) is 12.8 Å². The highest BCUT2D eigenvalue weighted by Gasteiger charge is 2.20. The number of carbonyl (C=O) groups excluding carboxylic acids is 2. The molecule has 1 amide bonds. The Morgan fingerprint density at radius 1 is 0.295 bits per heavy atom. The lowest BCUT2D eigenvalue weighted by atomic mass is 10.0. The molecule has 0 spiro atoms. The maximum Gasteiger partial charge on any atom is 0.305 e. The van der Waals surface area contributed by atoms with Crippen molar-refractivity contribution in [3.63, 3.8) is 0 Å². The molecule has 0 aromatic heterocycles. The van der Waals surface area contributed by atoms with Crippen molar-refractivity contribution in [3.05, 3.63) is 36.5 Å². The molecule has 0 rings (SSSR count). The van der Waals surface area contributed by atoms with Crippen molar-refractivity contribution in [1.82, 2.24) is 5.32 Å². The van der Waals surface area contributed by atoms with Crippen LogP contribution >= 0.6 is 0 Å². The molecule has 0 radical (unpaired) electrons. The molecule has 0 saturated heterocycles. The molecular formula is C89H171NO5. The van der Waals surface area contributed by atoms with Gasteiger partial charge in [-0.2, -0.15) is 0 Å². The second-order valence-corrected chi connectivity index (χ2v) is 30.2. The number of allylic oxidation sites excluding steroid dienone is 6. The highest BCUT2D eigenvalue weighted by Crippen LogP contribution is 2.21. The van der Waals surface area contributed by atoms with Crippen LogP contribution in [0, 0.1) is 0 Å². The number of esters is 1. The Bertz CT molecular complexity index is 1540. The van der Waals surface area contributed by atoms with Crippen LogP contribution in [0.25, 0.3) is 0 Å². The van der Waals surface area contributed by atoms with Gasteiger partial charge in [0.15, 0.2) is 0 Å². The van der Waals surface area contributed by atoms with Crippen LogP contribution in [0.2, 0.25) is 0 Å². The van der Waals surface area contributed by atoms with E-state index in [9.17, 15) is 19.8 Å². The molecule has 6 heteroatoms. The van der Waals surface area contributed by atoms with Crippen molar-refractivity contribution in [2.24, 2.45) is 0 Å². The Morgan fingerprint density at radius 3 is 0.811 bits per heavy atom. The van der Waals surface area contributed by atoms with E-state index >= 15 is 0 Å². The van der Waals surface area contributed by atoms with Gasteiger partial charge >= 0.3 is 5.97 Å². The molecule has 2 atom stereocenters. The van der Waals surface area contributed by atoms with Crippen LogP contribution in [0.3, 0.4) is 0 Å². The molecule has 0 saturated carbocycles. The minimum atomic E-state index is -0.664. The van der Waals surface area contributed by atoms with Crippen molar-refractivity contribution in [3.8, 4) is 0 Å². The fraction of sp³-hybridized carbons (Fsp3) is 0.910. The number of aliphatic hydroxyl groups is 2. The Labute approximate surface area is 595 Å². The zero-order chi connectivity index (χ0) is 68.4. The van der Waals surface area contributed by atoms with Gasteiger partial charge in [0.05, 0.1) is 25.4 Å². The Morgan fingerprint density at radius 2 is 0.526 bits per heavy atom. The maximum atomic E-state index is 12.6. The zero-order valence-corrected chi connectivity index (χ0v) is 64.7. The van der Waals surface area contributed by atoms with E-state index in [0.717, 1.165) is 51.4 Å². The van der Waals surface area contributed by atoms with Crippen molar-refractivity contribution < 1.29 is 24.5 Å². The summed E-state index contributed by atoms with van der Waals surface area (Å²) in [6, 6.07) is -0.541. The third kappa shape index (κ3) is 80.9. The summed E-state index contributed by atoms with van der Waals surface area (Å²) < 4.78 is 5.51. The molecule has 3 N–H and O–H groups in total. The Balaban J connectivity index is 3.35. The summed E-state index contributed by atoms with van der Waals surface area (Å²) in [7, 11) is 0. The van der Waals surface area contributed by atoms with Gasteiger partial charge in [0.2, 0.25) is 5.91 Å². The van der Waals surface area contributed by atoms with Crippen LogP contribution in [0.1, 0.15) is 495 Å². The molecule has 0 fully saturated rings. The predicted octanol–water partition coefficient (Wildman–Crippen LogP) is 29.3. The highest BCUT2D eigenvalue weighted by molar-refractivity contribution is 5.76. The van der Waals surface area contributed by atoms with Gasteiger partial charge < -0.3 is 20.3 Å². The summed E-state index contributed by atoms with van der Waals surface area (Å²) in [5, 5.41) is 23.5. The van der Waals surface area contributed by atoms with E-state index in [4.69, 9.17) is 4.74 Å². The molecule has 2 unspecified atom stereocenters. The summed E-state index contributed by atoms with van der Waals surface area (Å²) in [6.07, 6.45) is 111. The van der Waals surface area contributed by atoms with Gasteiger partial charge in [-0.25, -0.2) is 0 Å². The van der Waals surface area contributed by atoms with Crippen LogP contribution < -0.4 is 5.32 Å². The van der Waals surface area contributed by atoms with Crippen LogP contribution in [0.5, 0.6) is 0 Å². The molecule has 0 bridgehead atoms. The lowest BCUT2D eigenvalue weighted by Gasteiger charge is -2.22. The zero-order valence-electron chi connectivity index (χ0n) is 64.7. The number of rotatable bonds is 83. The first-order valence-electron chi connectivity index (χ1n) is 43.7. The maximum absolute atomic E-state index is 12.6. The topological polar surface area (TPSA) is 95.9 Å². The minimum absolute atomic E-state index is 0.0139. The minimum Gasteiger partial charge on any atom is -0.466 e. The van der Waals surface area contributed by atoms with E-state index in [1.807, 2.05) is 0 Å². The number of unbranched alkanes of at least 4 members (excludes halogenated alkanes) is 66. The van der Waals surface area contributed by atoms with Gasteiger partial charge in [-0.1, -0.05) is 436 Å². The average Bonchev–Trinajstić information content (AvgIpc) is 3.06. The summed E-state index contributed by atoms with van der Waals surface area (Å²) in [5.41, 5.74) is 0. The van der Waals surface area contributed by atoms with Crippen molar-refractivity contribution in [2.45, 2.75) is 508 Å². The van der Waals surface area contributed by atoms with E-state index < -0.39 is 12.1 Å². The molecule has 0 aliphatic carbocycles. The lowest BCUT2D eigenvalue weighted by molar-refractivity contribution is -0.143. The normalized spacial score (nSPS) is 12.6. The SMILES string of the molecule is CCCCCCCCC/C=C\CCCCCCCC(=O)OCCCCCCCCCCCCCCCCC/C=C\C/C=C\CCCCCCCCCCCCCCCCCCCC(=O)NC(CO)C(O)CCCCCCCCCCCCCCCCCCCCCCCCC. The molecule has 95 heavy (non-hydrogen) atoms. The third-order valence-corrected chi connectivity index (χ3v) is 20.7. The number of carbonyl (C=O) groups is 2. The van der Waals surface area contributed by atoms with Gasteiger partial charge in [-0.3, -0.25) is 9.59 Å². The fourth-order valence-corrected chi connectivity index (χ4v) is 14.0. The van der Waals surface area contributed by atoms with Gasteiger partial charge in [0.25, 0.3) is 0 Å². The average molecular weight is 1340 g/mol. The smallest absolute Gasteiger partial charge is 0.305 e. The summed E-state index contributed by atoms with van der Waals surface area (Å²) in [6.45, 7) is 5.00. The standard InChI is InChI=1S/C89H171NO5/c1-3-5-7-9-11-13-15-17-19-21-22-23-41-44-47-50-53-57-61-65-69-73-77-81-87(92)86(85-91)90-88(93)82-78-74-70-66-62-58-54-51-48-45-42-39-37-35-33-31-29-27-25-24-26-28-30-32-34-36-38-40-43-46-49-52-56-60-64-68-72-76-80-84-95-89(94)83-79-75-71-67-63-59-55-20-18-16-14-12-10-8-6-4-2/h20,24-25,28,30,55,86-87,91-92H,3-19,21-23,26-27,29,31-54,56-85H2,1-2H3,(H,90,93)/b25-24-,30-28-,55-20-. The monoisotopic (exact) mass is 1330 g/mol. The van der Waals surface area contributed by atoms with Crippen LogP contribution in [0.15, 0.2) is 36.5 Å². The van der Waals surface area contributed by atoms with Crippen LogP contribution in [-0.4, -0.2) is 47.4 Å². The van der Waals surface area contributed by atoms with E-state index in [2.05, 4.69) is 55.6 Å². The van der Waals surface area contributed by atoms with Crippen LogP contribution in [-0.2, 0) is 14.3 Å². The van der Waals surface area contributed by atoms with Crippen molar-refractivity contribution >= 4 is 11.9 Å². The largest absolute Gasteiger partial charge is 0.466 e. The van der Waals surface area contributed by atoms with E-state index in [0.29, 0.717) is 25.9 Å².